The van der Waals surface area contributed by atoms with Gasteiger partial charge in [-0.2, -0.15) is 4.67 Å². The van der Waals surface area contributed by atoms with Crippen LogP contribution in [0, 0.1) is 0 Å². The van der Waals surface area contributed by atoms with Crippen LogP contribution in [0.15, 0.2) is 0 Å². The molecule has 0 spiro atoms. The average Bonchev–Trinajstić information content (AvgIpc) is 3.16. The number of aliphatic hydroxyl groups is 2. The maximum Gasteiger partial charge on any atom is 0.347 e. The maximum absolute atomic E-state index is 12.6. The number of esters is 2. The maximum atomic E-state index is 12.6. The van der Waals surface area contributed by atoms with E-state index >= 15 is 0 Å². The summed E-state index contributed by atoms with van der Waals surface area (Å²) in [6.45, 7) is 5.45. The molecule has 0 aromatic carbocycles. The highest BCUT2D eigenvalue weighted by atomic mass is 31.1. The van der Waals surface area contributed by atoms with Gasteiger partial charge in [0.15, 0.2) is 6.10 Å². The van der Waals surface area contributed by atoms with E-state index in [-0.39, 0.29) is 51.8 Å². The topological polar surface area (TPSA) is 147 Å². The van der Waals surface area contributed by atoms with Crippen molar-refractivity contribution in [3.63, 3.8) is 0 Å². The molecule has 54 heavy (non-hydrogen) atoms. The molecule has 0 saturated carbocycles. The summed E-state index contributed by atoms with van der Waals surface area (Å²) < 4.78 is 38.4. The van der Waals surface area contributed by atoms with Crippen LogP contribution in [0.2, 0.25) is 0 Å². The SMILES string of the molecule is CCCCCCCCCCCCCCCC(=O)OCC(CO[PH](=O)OOCC(O)COCC(O)CC)OC(=O)CCCCCCCCCCCCCCC. The molecule has 0 aliphatic carbocycles. The zero-order valence-corrected chi connectivity index (χ0v) is 35.8. The van der Waals surface area contributed by atoms with Gasteiger partial charge in [0.25, 0.3) is 0 Å². The van der Waals surface area contributed by atoms with Crippen molar-refractivity contribution in [2.45, 2.75) is 225 Å². The molecule has 322 valence electrons. The van der Waals surface area contributed by atoms with Crippen LogP contribution in [0.25, 0.3) is 0 Å². The van der Waals surface area contributed by atoms with E-state index in [1.807, 2.05) is 6.92 Å². The van der Waals surface area contributed by atoms with Gasteiger partial charge in [-0.25, -0.2) is 4.89 Å². The average molecular weight is 795 g/mol. The van der Waals surface area contributed by atoms with Gasteiger partial charge >= 0.3 is 20.2 Å². The van der Waals surface area contributed by atoms with Gasteiger partial charge in [0.2, 0.25) is 0 Å². The van der Waals surface area contributed by atoms with Crippen molar-refractivity contribution in [2.24, 2.45) is 0 Å². The third-order valence-corrected chi connectivity index (χ3v) is 10.2. The molecule has 11 nitrogen and oxygen atoms in total. The molecule has 0 radical (unpaired) electrons. The van der Waals surface area contributed by atoms with Gasteiger partial charge in [-0.1, -0.05) is 175 Å². The summed E-state index contributed by atoms with van der Waals surface area (Å²) in [5.74, 6) is -0.794. The predicted octanol–water partition coefficient (Wildman–Crippen LogP) is 10.9. The molecule has 4 unspecified atom stereocenters. The van der Waals surface area contributed by atoms with Gasteiger partial charge in [0, 0.05) is 12.8 Å². The molecule has 4 atom stereocenters. The van der Waals surface area contributed by atoms with Crippen LogP contribution in [0.5, 0.6) is 0 Å². The molecule has 0 bridgehead atoms. The highest BCUT2D eigenvalue weighted by Crippen LogP contribution is 2.25. The Morgan fingerprint density at radius 3 is 1.35 bits per heavy atom. The van der Waals surface area contributed by atoms with E-state index in [0.29, 0.717) is 12.8 Å². The Morgan fingerprint density at radius 1 is 0.500 bits per heavy atom. The second-order valence-corrected chi connectivity index (χ2v) is 15.9. The number of hydrogen-bond acceptors (Lipinski definition) is 11. The van der Waals surface area contributed by atoms with Gasteiger partial charge in [0.1, 0.15) is 19.3 Å². The number of rotatable bonds is 43. The monoisotopic (exact) mass is 795 g/mol. The van der Waals surface area contributed by atoms with Gasteiger partial charge in [-0.15, -0.1) is 0 Å². The van der Waals surface area contributed by atoms with E-state index in [1.54, 1.807) is 0 Å². The van der Waals surface area contributed by atoms with Crippen molar-refractivity contribution >= 4 is 20.2 Å². The minimum atomic E-state index is -3.16. The smallest absolute Gasteiger partial charge is 0.347 e. The molecule has 2 N–H and O–H groups in total. The summed E-state index contributed by atoms with van der Waals surface area (Å²) in [7, 11) is -3.16. The van der Waals surface area contributed by atoms with Crippen LogP contribution < -0.4 is 0 Å². The Morgan fingerprint density at radius 2 is 0.907 bits per heavy atom. The van der Waals surface area contributed by atoms with Crippen LogP contribution in [0.3, 0.4) is 0 Å². The quantitative estimate of drug-likeness (QED) is 0.0200. The Hall–Kier alpha value is -1.07. The van der Waals surface area contributed by atoms with Crippen molar-refractivity contribution in [1.82, 2.24) is 0 Å². The lowest BCUT2D eigenvalue weighted by molar-refractivity contribution is -0.230. The summed E-state index contributed by atoms with van der Waals surface area (Å²) in [6, 6.07) is 0. The standard InChI is InChI=1S/C42H83O11P/c1-4-7-9-11-13-15-17-19-21-23-25-27-29-31-41(45)49-36-40(37-51-54(47)53-50-35-39(44)34-48-33-38(43)6-3)52-42(46)32-30-28-26-24-22-20-18-16-14-12-10-8-5-2/h38-40,43-44,54H,4-37H2,1-3H3. The molecule has 0 heterocycles. The summed E-state index contributed by atoms with van der Waals surface area (Å²) in [5, 5.41) is 19.4. The zero-order chi connectivity index (χ0) is 39.7. The van der Waals surface area contributed by atoms with Crippen LogP contribution in [-0.2, 0) is 42.5 Å². The molecule has 0 aromatic rings. The number of aliphatic hydroxyl groups excluding tert-OH is 2. The van der Waals surface area contributed by atoms with Crippen LogP contribution in [-0.4, -0.2) is 73.5 Å². The number of carbonyl (C=O) groups excluding carboxylic acids is 2. The molecule has 0 aliphatic heterocycles. The fourth-order valence-electron chi connectivity index (χ4n) is 6.05. The second-order valence-electron chi connectivity index (χ2n) is 15.0. The first kappa shape index (κ1) is 52.9. The molecule has 0 aromatic heterocycles. The number of ether oxygens (including phenoxy) is 3. The van der Waals surface area contributed by atoms with Gasteiger partial charge in [0.05, 0.1) is 25.9 Å². The van der Waals surface area contributed by atoms with Crippen molar-refractivity contribution in [3.05, 3.63) is 0 Å². The first-order chi connectivity index (χ1) is 26.3. The minimum Gasteiger partial charge on any atom is -0.462 e. The molecule has 0 fully saturated rings. The van der Waals surface area contributed by atoms with Crippen LogP contribution in [0.1, 0.15) is 207 Å². The van der Waals surface area contributed by atoms with E-state index in [4.69, 9.17) is 28.3 Å². The van der Waals surface area contributed by atoms with Crippen LogP contribution in [0.4, 0.5) is 0 Å². The minimum absolute atomic E-state index is 0.0809. The Kier molecular flexibility index (Phi) is 40.7. The largest absolute Gasteiger partial charge is 0.462 e. The summed E-state index contributed by atoms with van der Waals surface area (Å²) in [4.78, 5) is 29.9. The lowest BCUT2D eigenvalue weighted by atomic mass is 10.0. The number of unbranched alkanes of at least 4 members (excludes halogenated alkanes) is 24. The Balaban J connectivity index is 4.40. The van der Waals surface area contributed by atoms with E-state index in [9.17, 15) is 24.4 Å². The molecular formula is C42H83O11P. The normalized spacial score (nSPS) is 13.8. The third kappa shape index (κ3) is 39.2. The summed E-state index contributed by atoms with van der Waals surface area (Å²) in [6.07, 6.45) is 30.0. The summed E-state index contributed by atoms with van der Waals surface area (Å²) >= 11 is 0. The highest BCUT2D eigenvalue weighted by molar-refractivity contribution is 7.33. The number of hydrogen-bond donors (Lipinski definition) is 2. The van der Waals surface area contributed by atoms with Crippen molar-refractivity contribution < 1.29 is 52.7 Å². The van der Waals surface area contributed by atoms with E-state index < -0.39 is 32.5 Å². The Labute approximate surface area is 330 Å². The molecule has 12 heteroatoms. The highest BCUT2D eigenvalue weighted by Gasteiger charge is 2.19. The predicted molar refractivity (Wildman–Crippen MR) is 217 cm³/mol. The molecule has 0 saturated heterocycles. The lowest BCUT2D eigenvalue weighted by Gasteiger charge is -2.18. The zero-order valence-electron chi connectivity index (χ0n) is 34.8. The second kappa shape index (κ2) is 41.6. The Bertz CT molecular complexity index is 847. The molecule has 0 rings (SSSR count). The van der Waals surface area contributed by atoms with Crippen LogP contribution >= 0.6 is 8.25 Å². The van der Waals surface area contributed by atoms with Gasteiger partial charge in [-0.05, 0) is 19.3 Å². The van der Waals surface area contributed by atoms with E-state index in [0.717, 1.165) is 32.1 Å². The molecule has 0 amide bonds. The van der Waals surface area contributed by atoms with E-state index in [1.165, 1.54) is 128 Å². The third-order valence-electron chi connectivity index (χ3n) is 9.56. The molecule has 0 aliphatic rings. The fraction of sp³-hybridized carbons (Fsp3) is 0.952. The van der Waals surface area contributed by atoms with Gasteiger partial charge in [-0.3, -0.25) is 14.2 Å². The van der Waals surface area contributed by atoms with Gasteiger partial charge < -0.3 is 28.9 Å². The fourth-order valence-corrected chi connectivity index (χ4v) is 6.58. The van der Waals surface area contributed by atoms with Crippen molar-refractivity contribution in [1.29, 1.82) is 0 Å². The first-order valence-corrected chi connectivity index (χ1v) is 23.3. The summed E-state index contributed by atoms with van der Waals surface area (Å²) in [5.41, 5.74) is 0. The lowest BCUT2D eigenvalue weighted by Crippen LogP contribution is -2.29. The van der Waals surface area contributed by atoms with Crippen molar-refractivity contribution in [3.8, 4) is 0 Å². The first-order valence-electron chi connectivity index (χ1n) is 22.1. The van der Waals surface area contributed by atoms with E-state index in [2.05, 4.69) is 13.8 Å². The molecular weight excluding hydrogens is 711 g/mol. The number of carbonyl (C=O) groups is 2. The van der Waals surface area contributed by atoms with Crippen molar-refractivity contribution in [2.75, 3.05) is 33.0 Å².